The fourth-order valence-electron chi connectivity index (χ4n) is 5.98. The summed E-state index contributed by atoms with van der Waals surface area (Å²) in [5.74, 6) is 3.88. The molecule has 3 aromatic rings. The van der Waals surface area contributed by atoms with Crippen molar-refractivity contribution in [3.8, 4) is 5.75 Å². The Hall–Kier alpha value is -3.43. The molecule has 1 amide bonds. The van der Waals surface area contributed by atoms with Gasteiger partial charge < -0.3 is 23.5 Å². The van der Waals surface area contributed by atoms with E-state index in [0.29, 0.717) is 55.1 Å². The van der Waals surface area contributed by atoms with Crippen LogP contribution in [0.5, 0.6) is 5.75 Å². The number of oxazole rings is 1. The highest BCUT2D eigenvalue weighted by Crippen LogP contribution is 2.50. The number of halogens is 1. The minimum atomic E-state index is -0.406. The van der Waals surface area contributed by atoms with Crippen molar-refractivity contribution in [2.24, 2.45) is 17.8 Å². The molecule has 39 heavy (non-hydrogen) atoms. The van der Waals surface area contributed by atoms with Crippen LogP contribution in [-0.2, 0) is 24.2 Å². The summed E-state index contributed by atoms with van der Waals surface area (Å²) in [5.41, 5.74) is 1.28. The highest BCUT2D eigenvalue weighted by Gasteiger charge is 2.43. The van der Waals surface area contributed by atoms with Crippen molar-refractivity contribution in [1.82, 2.24) is 20.0 Å². The van der Waals surface area contributed by atoms with Gasteiger partial charge in [0.25, 0.3) is 0 Å². The van der Waals surface area contributed by atoms with E-state index in [-0.39, 0.29) is 18.2 Å². The van der Waals surface area contributed by atoms with Crippen LogP contribution < -0.4 is 9.64 Å². The Kier molecular flexibility index (Phi) is 7.27. The topological polar surface area (TPSA) is 97.7 Å². The van der Waals surface area contributed by atoms with Crippen LogP contribution in [0.2, 0.25) is 0 Å². The molecular weight excluding hydrogens is 501 g/mol. The molecule has 6 rings (SSSR count). The second-order valence-corrected chi connectivity index (χ2v) is 11.4. The van der Waals surface area contributed by atoms with Crippen LogP contribution in [0.4, 0.5) is 10.4 Å². The Morgan fingerprint density at radius 3 is 2.85 bits per heavy atom. The van der Waals surface area contributed by atoms with E-state index in [9.17, 15) is 9.18 Å². The van der Waals surface area contributed by atoms with Gasteiger partial charge in [-0.25, -0.2) is 9.37 Å². The van der Waals surface area contributed by atoms with Crippen molar-refractivity contribution in [2.45, 2.75) is 64.8 Å². The van der Waals surface area contributed by atoms with Gasteiger partial charge in [-0.05, 0) is 55.1 Å². The van der Waals surface area contributed by atoms with Gasteiger partial charge in [0, 0.05) is 38.0 Å². The van der Waals surface area contributed by atoms with E-state index in [2.05, 4.69) is 33.9 Å². The largest absolute Gasteiger partial charge is 0.493 e. The lowest BCUT2D eigenvalue weighted by Crippen LogP contribution is -2.36. The van der Waals surface area contributed by atoms with E-state index >= 15 is 0 Å². The maximum absolute atomic E-state index is 14.8. The lowest BCUT2D eigenvalue weighted by Gasteiger charge is -2.30. The zero-order valence-corrected chi connectivity index (χ0v) is 22.6. The number of hydrogen-bond donors (Lipinski definition) is 0. The molecule has 0 spiro atoms. The number of amides is 1. The summed E-state index contributed by atoms with van der Waals surface area (Å²) in [6, 6.07) is 5.47. The van der Waals surface area contributed by atoms with Crippen molar-refractivity contribution in [1.29, 1.82) is 0 Å². The maximum Gasteiger partial charge on any atom is 0.324 e. The highest BCUT2D eigenvalue weighted by molar-refractivity contribution is 5.79. The Bertz CT molecular complexity index is 1300. The summed E-state index contributed by atoms with van der Waals surface area (Å²) in [7, 11) is 0. The van der Waals surface area contributed by atoms with Crippen LogP contribution in [0.15, 0.2) is 33.5 Å². The third-order valence-electron chi connectivity index (χ3n) is 8.49. The third-order valence-corrected chi connectivity index (χ3v) is 8.49. The zero-order valence-electron chi connectivity index (χ0n) is 22.6. The van der Waals surface area contributed by atoms with Gasteiger partial charge >= 0.3 is 6.01 Å². The summed E-state index contributed by atoms with van der Waals surface area (Å²) in [4.78, 5) is 25.3. The van der Waals surface area contributed by atoms with E-state index in [1.807, 2.05) is 0 Å². The molecule has 2 aromatic heterocycles. The molecule has 0 bridgehead atoms. The Balaban J connectivity index is 0.916. The fourth-order valence-corrected chi connectivity index (χ4v) is 5.98. The fraction of sp³-hybridized carbons (Fsp3) is 0.586. The molecule has 1 saturated heterocycles. The molecule has 4 heterocycles. The van der Waals surface area contributed by atoms with Crippen LogP contribution in [-0.4, -0.2) is 52.2 Å². The monoisotopic (exact) mass is 537 g/mol. The standard InChI is InChI=1S/C29H36FN5O4/c1-18(2)28-32-29(39-33-28)34-9-5-19(6-10-34)23-13-20(23)8-12-37-22-4-3-21(24(30)15-22)14-27(36)35-11-7-25-26(16-35)38-17-31-25/h3-4,15,17-20,23H,5-14,16H2,1-2H3/t20-,23-/m1/s1. The minimum absolute atomic E-state index is 0.0174. The number of anilines is 1. The molecule has 2 fully saturated rings. The Morgan fingerprint density at radius 1 is 1.23 bits per heavy atom. The molecule has 208 valence electrons. The van der Waals surface area contributed by atoms with Gasteiger partial charge in [-0.3, -0.25) is 4.79 Å². The Labute approximate surface area is 227 Å². The molecule has 1 aromatic carbocycles. The summed E-state index contributed by atoms with van der Waals surface area (Å²) in [5, 5.41) is 4.09. The van der Waals surface area contributed by atoms with E-state index in [1.165, 1.54) is 18.9 Å². The van der Waals surface area contributed by atoms with Crippen LogP contribution in [0, 0.1) is 23.6 Å². The second kappa shape index (κ2) is 11.0. The number of carbonyl (C=O) groups is 1. The molecule has 1 saturated carbocycles. The first kappa shape index (κ1) is 25.8. The van der Waals surface area contributed by atoms with Gasteiger partial charge in [-0.2, -0.15) is 4.98 Å². The average molecular weight is 538 g/mol. The number of piperidine rings is 1. The lowest BCUT2D eigenvalue weighted by atomic mass is 9.90. The van der Waals surface area contributed by atoms with E-state index in [4.69, 9.17) is 13.7 Å². The van der Waals surface area contributed by atoms with Crippen molar-refractivity contribution >= 4 is 11.9 Å². The molecule has 10 heteroatoms. The zero-order chi connectivity index (χ0) is 26.9. The number of ether oxygens (including phenoxy) is 1. The van der Waals surface area contributed by atoms with Crippen molar-refractivity contribution < 1.29 is 22.9 Å². The van der Waals surface area contributed by atoms with Crippen molar-refractivity contribution in [3.05, 3.63) is 53.3 Å². The van der Waals surface area contributed by atoms with Crippen LogP contribution >= 0.6 is 0 Å². The number of carbonyl (C=O) groups excluding carboxylic acids is 1. The molecular formula is C29H36FN5O4. The van der Waals surface area contributed by atoms with Crippen molar-refractivity contribution in [2.75, 3.05) is 31.1 Å². The van der Waals surface area contributed by atoms with E-state index < -0.39 is 5.82 Å². The number of fused-ring (bicyclic) bond motifs is 1. The van der Waals surface area contributed by atoms with Gasteiger partial charge in [-0.15, -0.1) is 0 Å². The lowest BCUT2D eigenvalue weighted by molar-refractivity contribution is -0.131. The molecule has 0 N–H and O–H groups in total. The van der Waals surface area contributed by atoms with E-state index in [1.54, 1.807) is 17.0 Å². The van der Waals surface area contributed by atoms with Crippen molar-refractivity contribution in [3.63, 3.8) is 0 Å². The first-order valence-electron chi connectivity index (χ1n) is 14.1. The van der Waals surface area contributed by atoms with Crippen LogP contribution in [0.1, 0.15) is 68.3 Å². The van der Waals surface area contributed by atoms with Crippen LogP contribution in [0.3, 0.4) is 0 Å². The number of nitrogens with zero attached hydrogens (tertiary/aromatic N) is 5. The quantitative estimate of drug-likeness (QED) is 0.385. The van der Waals surface area contributed by atoms with Gasteiger partial charge in [0.1, 0.15) is 17.3 Å². The predicted octanol–water partition coefficient (Wildman–Crippen LogP) is 4.77. The molecule has 9 nitrogen and oxygen atoms in total. The number of aromatic nitrogens is 3. The molecule has 2 aliphatic heterocycles. The smallest absolute Gasteiger partial charge is 0.324 e. The molecule has 0 unspecified atom stereocenters. The summed E-state index contributed by atoms with van der Waals surface area (Å²) in [6.45, 7) is 7.57. The van der Waals surface area contributed by atoms with Gasteiger partial charge in [0.2, 0.25) is 5.91 Å². The minimum Gasteiger partial charge on any atom is -0.493 e. The number of benzene rings is 1. The molecule has 0 radical (unpaired) electrons. The molecule has 1 aliphatic carbocycles. The molecule has 2 atom stereocenters. The predicted molar refractivity (Wildman–Crippen MR) is 141 cm³/mol. The maximum atomic E-state index is 14.8. The SMILES string of the molecule is CC(C)c1noc(N2CCC([C@H]3C[C@H]3CCOc3ccc(CC(=O)N4CCc5ncoc5C4)c(F)c3)CC2)n1. The average Bonchev–Trinajstić information content (AvgIpc) is 3.31. The van der Waals surface area contributed by atoms with Gasteiger partial charge in [-0.1, -0.05) is 25.1 Å². The van der Waals surface area contributed by atoms with Gasteiger partial charge in [0.05, 0.1) is 25.3 Å². The molecule has 3 aliphatic rings. The highest BCUT2D eigenvalue weighted by atomic mass is 19.1. The van der Waals surface area contributed by atoms with Gasteiger partial charge in [0.15, 0.2) is 12.2 Å². The third kappa shape index (κ3) is 5.79. The number of hydrogen-bond acceptors (Lipinski definition) is 8. The van der Waals surface area contributed by atoms with E-state index in [0.717, 1.165) is 55.7 Å². The first-order chi connectivity index (χ1) is 18.9. The van der Waals surface area contributed by atoms with Crippen LogP contribution in [0.25, 0.3) is 0 Å². The summed E-state index contributed by atoms with van der Waals surface area (Å²) in [6.07, 6.45) is 6.59. The summed E-state index contributed by atoms with van der Waals surface area (Å²) < 4.78 is 31.5. The Morgan fingerprint density at radius 2 is 2.08 bits per heavy atom. The first-order valence-corrected chi connectivity index (χ1v) is 14.1. The normalized spacial score (nSPS) is 21.3. The summed E-state index contributed by atoms with van der Waals surface area (Å²) >= 11 is 0. The second-order valence-electron chi connectivity index (χ2n) is 11.4. The number of rotatable bonds is 9.